The summed E-state index contributed by atoms with van der Waals surface area (Å²) < 4.78 is 6.56. The normalized spacial score (nSPS) is 10.1. The molecule has 2 rings (SSSR count). The van der Waals surface area contributed by atoms with Crippen molar-refractivity contribution in [2.45, 2.75) is 0 Å². The van der Waals surface area contributed by atoms with Crippen LogP contribution in [0.25, 0.3) is 0 Å². The zero-order valence-electron chi connectivity index (χ0n) is 9.01. The van der Waals surface area contributed by atoms with E-state index in [1.165, 1.54) is 23.4 Å². The highest BCUT2D eigenvalue weighted by atomic mass is 35.5. The number of aromatic nitrogens is 3. The summed E-state index contributed by atoms with van der Waals surface area (Å²) in [6, 6.07) is 4.76. The average molecular weight is 287 g/mol. The van der Waals surface area contributed by atoms with E-state index in [9.17, 15) is 4.79 Å². The summed E-state index contributed by atoms with van der Waals surface area (Å²) in [5.74, 6) is 0.0285. The maximum Gasteiger partial charge on any atom is 0.276 e. The lowest BCUT2D eigenvalue weighted by Gasteiger charge is -2.08. The number of nitrogens with zero attached hydrogens (tertiary/aromatic N) is 3. The average Bonchev–Trinajstić information content (AvgIpc) is 2.80. The molecule has 0 atom stereocenters. The molecule has 0 saturated heterocycles. The molecule has 8 heteroatoms. The zero-order chi connectivity index (χ0) is 13.0. The van der Waals surface area contributed by atoms with Gasteiger partial charge in [-0.1, -0.05) is 23.2 Å². The van der Waals surface area contributed by atoms with Crippen LogP contribution >= 0.6 is 23.2 Å². The molecule has 6 nitrogen and oxygen atoms in total. The first-order chi connectivity index (χ1) is 8.65. The molecule has 0 aliphatic rings. The van der Waals surface area contributed by atoms with E-state index in [2.05, 4.69) is 15.6 Å². The molecule has 0 fully saturated rings. The van der Waals surface area contributed by atoms with E-state index in [1.54, 1.807) is 12.1 Å². The van der Waals surface area contributed by atoms with Gasteiger partial charge >= 0.3 is 0 Å². The smallest absolute Gasteiger partial charge is 0.276 e. The number of carbonyl (C=O) groups excluding carboxylic acids is 1. The van der Waals surface area contributed by atoms with E-state index in [4.69, 9.17) is 27.9 Å². The fourth-order valence-corrected chi connectivity index (χ4v) is 1.63. The van der Waals surface area contributed by atoms with Gasteiger partial charge in [-0.2, -0.15) is 0 Å². The Balaban J connectivity index is 1.89. The standard InChI is InChI=1S/C10H8Cl2N4O2/c11-7-1-2-9(8(12)3-7)18-4-10(17)15-16-5-13-14-6-16/h1-3,5-6H,4H2,(H,15,17). The molecule has 0 bridgehead atoms. The molecule has 1 heterocycles. The van der Waals surface area contributed by atoms with Crippen LogP contribution < -0.4 is 10.2 Å². The molecule has 1 aromatic heterocycles. The Labute approximate surface area is 112 Å². The predicted octanol–water partition coefficient (Wildman–Crippen LogP) is 1.73. The van der Waals surface area contributed by atoms with Crippen LogP contribution in [-0.2, 0) is 4.79 Å². The summed E-state index contributed by atoms with van der Waals surface area (Å²) in [5.41, 5.74) is 2.48. The van der Waals surface area contributed by atoms with Crippen LogP contribution in [0.5, 0.6) is 5.75 Å². The van der Waals surface area contributed by atoms with Gasteiger partial charge in [-0.15, -0.1) is 10.2 Å². The second-order valence-corrected chi connectivity index (χ2v) is 4.11. The van der Waals surface area contributed by atoms with Gasteiger partial charge in [0.25, 0.3) is 5.91 Å². The molecule has 1 amide bonds. The molecule has 0 aliphatic carbocycles. The van der Waals surface area contributed by atoms with Gasteiger partial charge in [0, 0.05) is 5.02 Å². The molecule has 2 aromatic rings. The van der Waals surface area contributed by atoms with Crippen LogP contribution in [-0.4, -0.2) is 27.4 Å². The number of hydrogen-bond acceptors (Lipinski definition) is 4. The van der Waals surface area contributed by atoms with Crippen molar-refractivity contribution >= 4 is 29.1 Å². The SMILES string of the molecule is O=C(COc1ccc(Cl)cc1Cl)Nn1cnnc1. The Kier molecular flexibility index (Phi) is 4.01. The molecule has 0 aliphatic heterocycles. The summed E-state index contributed by atoms with van der Waals surface area (Å²) in [6.07, 6.45) is 2.71. The Morgan fingerprint density at radius 2 is 2.06 bits per heavy atom. The number of rotatable bonds is 4. The van der Waals surface area contributed by atoms with Crippen LogP contribution in [0.3, 0.4) is 0 Å². The minimum atomic E-state index is -0.360. The van der Waals surface area contributed by atoms with Crippen molar-refractivity contribution in [2.24, 2.45) is 0 Å². The molecule has 18 heavy (non-hydrogen) atoms. The largest absolute Gasteiger partial charge is 0.482 e. The van der Waals surface area contributed by atoms with E-state index in [0.29, 0.717) is 15.8 Å². The highest BCUT2D eigenvalue weighted by Crippen LogP contribution is 2.27. The number of nitrogens with one attached hydrogen (secondary N) is 1. The topological polar surface area (TPSA) is 69.0 Å². The van der Waals surface area contributed by atoms with Gasteiger partial charge in [0.15, 0.2) is 6.61 Å². The van der Waals surface area contributed by atoms with Gasteiger partial charge in [0.2, 0.25) is 0 Å². The second kappa shape index (κ2) is 5.70. The van der Waals surface area contributed by atoms with Crippen molar-refractivity contribution in [3.05, 3.63) is 40.9 Å². The molecular weight excluding hydrogens is 279 g/mol. The van der Waals surface area contributed by atoms with Gasteiger partial charge in [-0.3, -0.25) is 10.2 Å². The first-order valence-electron chi connectivity index (χ1n) is 4.87. The monoisotopic (exact) mass is 286 g/mol. The van der Waals surface area contributed by atoms with Gasteiger partial charge in [-0.25, -0.2) is 4.68 Å². The van der Waals surface area contributed by atoms with Crippen molar-refractivity contribution < 1.29 is 9.53 Å². The lowest BCUT2D eigenvalue weighted by molar-refractivity contribution is -0.119. The number of halogens is 2. The summed E-state index contributed by atoms with van der Waals surface area (Å²) in [4.78, 5) is 11.5. The minimum Gasteiger partial charge on any atom is -0.482 e. The minimum absolute atomic E-state index is 0.181. The third-order valence-electron chi connectivity index (χ3n) is 1.93. The van der Waals surface area contributed by atoms with E-state index < -0.39 is 0 Å². The van der Waals surface area contributed by atoms with Crippen LogP contribution in [0, 0.1) is 0 Å². The molecule has 1 N–H and O–H groups in total. The molecule has 0 unspecified atom stereocenters. The Hall–Kier alpha value is -1.79. The maximum absolute atomic E-state index is 11.5. The van der Waals surface area contributed by atoms with Crippen LogP contribution in [0.2, 0.25) is 10.0 Å². The summed E-state index contributed by atoms with van der Waals surface area (Å²) in [6.45, 7) is -0.181. The van der Waals surface area contributed by atoms with Crippen molar-refractivity contribution in [1.29, 1.82) is 0 Å². The Morgan fingerprint density at radius 3 is 2.72 bits per heavy atom. The van der Waals surface area contributed by atoms with E-state index >= 15 is 0 Å². The molecule has 0 saturated carbocycles. The van der Waals surface area contributed by atoms with Crippen molar-refractivity contribution in [3.63, 3.8) is 0 Å². The quantitative estimate of drug-likeness (QED) is 0.929. The number of benzene rings is 1. The fraction of sp³-hybridized carbons (Fsp3) is 0.100. The third-order valence-corrected chi connectivity index (χ3v) is 2.46. The predicted molar refractivity (Wildman–Crippen MR) is 66.3 cm³/mol. The number of carbonyl (C=O) groups is 1. The maximum atomic E-state index is 11.5. The van der Waals surface area contributed by atoms with Crippen molar-refractivity contribution in [1.82, 2.24) is 14.9 Å². The molecule has 0 spiro atoms. The summed E-state index contributed by atoms with van der Waals surface area (Å²) in [7, 11) is 0. The van der Waals surface area contributed by atoms with Crippen molar-refractivity contribution in [3.8, 4) is 5.75 Å². The third kappa shape index (κ3) is 3.35. The lowest BCUT2D eigenvalue weighted by atomic mass is 10.3. The first kappa shape index (κ1) is 12.7. The van der Waals surface area contributed by atoms with Gasteiger partial charge in [-0.05, 0) is 18.2 Å². The number of ether oxygens (including phenoxy) is 1. The summed E-state index contributed by atoms with van der Waals surface area (Å²) >= 11 is 11.6. The van der Waals surface area contributed by atoms with Gasteiger partial charge in [0.05, 0.1) is 5.02 Å². The van der Waals surface area contributed by atoms with Gasteiger partial charge in [0.1, 0.15) is 18.4 Å². The van der Waals surface area contributed by atoms with Crippen LogP contribution in [0.4, 0.5) is 0 Å². The highest BCUT2D eigenvalue weighted by Gasteiger charge is 2.06. The van der Waals surface area contributed by atoms with E-state index in [1.807, 2.05) is 0 Å². The summed E-state index contributed by atoms with van der Waals surface area (Å²) in [5, 5.41) is 7.93. The Morgan fingerprint density at radius 1 is 1.33 bits per heavy atom. The van der Waals surface area contributed by atoms with E-state index in [0.717, 1.165) is 0 Å². The molecule has 1 aromatic carbocycles. The van der Waals surface area contributed by atoms with Crippen molar-refractivity contribution in [2.75, 3.05) is 12.0 Å². The fourth-order valence-electron chi connectivity index (χ4n) is 1.17. The molecular formula is C10H8Cl2N4O2. The highest BCUT2D eigenvalue weighted by molar-refractivity contribution is 6.35. The lowest BCUT2D eigenvalue weighted by Crippen LogP contribution is -2.27. The zero-order valence-corrected chi connectivity index (χ0v) is 10.5. The second-order valence-electron chi connectivity index (χ2n) is 3.27. The number of amides is 1. The first-order valence-corrected chi connectivity index (χ1v) is 5.63. The van der Waals surface area contributed by atoms with E-state index in [-0.39, 0.29) is 12.5 Å². The van der Waals surface area contributed by atoms with Gasteiger partial charge < -0.3 is 4.74 Å². The van der Waals surface area contributed by atoms with Crippen LogP contribution in [0.1, 0.15) is 0 Å². The number of hydrogen-bond donors (Lipinski definition) is 1. The molecule has 0 radical (unpaired) electrons. The Bertz CT molecular complexity index is 545. The van der Waals surface area contributed by atoms with Crippen LogP contribution in [0.15, 0.2) is 30.9 Å². The molecule has 94 valence electrons.